The van der Waals surface area contributed by atoms with Crippen LogP contribution in [0.25, 0.3) is 0 Å². The van der Waals surface area contributed by atoms with Gasteiger partial charge in [-0.3, -0.25) is 0 Å². The van der Waals surface area contributed by atoms with Crippen LogP contribution in [0.5, 0.6) is 0 Å². The van der Waals surface area contributed by atoms with Gasteiger partial charge in [-0.05, 0) is 44.0 Å². The van der Waals surface area contributed by atoms with Crippen molar-refractivity contribution in [3.63, 3.8) is 0 Å². The summed E-state index contributed by atoms with van der Waals surface area (Å²) in [5.41, 5.74) is 3.61. The number of rotatable bonds is 4. The van der Waals surface area contributed by atoms with Crippen molar-refractivity contribution in [1.82, 2.24) is 4.90 Å². The Morgan fingerprint density at radius 3 is 2.67 bits per heavy atom. The Hall–Kier alpha value is -0.835. The van der Waals surface area contributed by atoms with Crippen LogP contribution in [0, 0.1) is 0 Å². The summed E-state index contributed by atoms with van der Waals surface area (Å²) in [4.78, 5) is 2.17. The molecule has 1 fully saturated rings. The Labute approximate surface area is 110 Å². The SMILES string of the molecule is CN(C)Cc1cc([B]O)ccc1C1CCOCC1. The summed E-state index contributed by atoms with van der Waals surface area (Å²) in [6.45, 7) is 2.63. The molecule has 4 heteroatoms. The normalized spacial score (nSPS) is 17.1. The summed E-state index contributed by atoms with van der Waals surface area (Å²) in [5, 5.41) is 9.14. The number of ether oxygens (including phenoxy) is 1. The molecule has 0 spiro atoms. The van der Waals surface area contributed by atoms with Crippen molar-refractivity contribution in [3.8, 4) is 0 Å². The fourth-order valence-corrected chi connectivity index (χ4v) is 2.59. The third-order valence-electron chi connectivity index (χ3n) is 3.46. The minimum absolute atomic E-state index is 0.599. The van der Waals surface area contributed by atoms with Crippen LogP contribution in [0.3, 0.4) is 0 Å². The van der Waals surface area contributed by atoms with Gasteiger partial charge >= 0.3 is 7.48 Å². The van der Waals surface area contributed by atoms with Crippen molar-refractivity contribution in [3.05, 3.63) is 29.3 Å². The van der Waals surface area contributed by atoms with Crippen LogP contribution in [-0.4, -0.2) is 44.7 Å². The summed E-state index contributed by atoms with van der Waals surface area (Å²) < 4.78 is 5.43. The second kappa shape index (κ2) is 6.37. The highest BCUT2D eigenvalue weighted by atomic mass is 16.5. The number of hydrogen-bond acceptors (Lipinski definition) is 3. The van der Waals surface area contributed by atoms with Crippen LogP contribution in [0.4, 0.5) is 0 Å². The maximum atomic E-state index is 9.14. The predicted molar refractivity (Wildman–Crippen MR) is 74.2 cm³/mol. The molecule has 1 radical (unpaired) electrons. The van der Waals surface area contributed by atoms with E-state index in [-0.39, 0.29) is 0 Å². The Morgan fingerprint density at radius 2 is 2.06 bits per heavy atom. The Kier molecular flexibility index (Phi) is 4.81. The van der Waals surface area contributed by atoms with Crippen molar-refractivity contribution in [1.29, 1.82) is 0 Å². The lowest BCUT2D eigenvalue weighted by atomic mass is 9.82. The van der Waals surface area contributed by atoms with Crippen LogP contribution in [0.1, 0.15) is 29.9 Å². The maximum Gasteiger partial charge on any atom is 0.326 e. The summed E-state index contributed by atoms with van der Waals surface area (Å²) in [5.74, 6) is 0.599. The molecule has 2 rings (SSSR count). The molecule has 1 aromatic rings. The molecule has 3 nitrogen and oxygen atoms in total. The molecule has 1 aliphatic rings. The number of nitrogens with zero attached hydrogens (tertiary/aromatic N) is 1. The molecule has 0 unspecified atom stereocenters. The first-order chi connectivity index (χ1) is 8.70. The molecule has 1 N–H and O–H groups in total. The largest absolute Gasteiger partial charge is 0.450 e. The lowest BCUT2D eigenvalue weighted by molar-refractivity contribution is 0.0850. The third-order valence-corrected chi connectivity index (χ3v) is 3.46. The monoisotopic (exact) mass is 246 g/mol. The van der Waals surface area contributed by atoms with Gasteiger partial charge in [0.1, 0.15) is 0 Å². The van der Waals surface area contributed by atoms with Crippen molar-refractivity contribution in [2.24, 2.45) is 0 Å². The minimum Gasteiger partial charge on any atom is -0.450 e. The van der Waals surface area contributed by atoms with E-state index in [1.54, 1.807) is 0 Å². The van der Waals surface area contributed by atoms with E-state index in [2.05, 4.69) is 31.1 Å². The fraction of sp³-hybridized carbons (Fsp3) is 0.571. The van der Waals surface area contributed by atoms with Crippen molar-refractivity contribution < 1.29 is 9.76 Å². The van der Waals surface area contributed by atoms with Crippen LogP contribution in [0.2, 0.25) is 0 Å². The molecule has 1 saturated heterocycles. The van der Waals surface area contributed by atoms with E-state index in [1.807, 2.05) is 6.07 Å². The van der Waals surface area contributed by atoms with Gasteiger partial charge in [0, 0.05) is 19.8 Å². The molecule has 0 aliphatic carbocycles. The summed E-state index contributed by atoms with van der Waals surface area (Å²) >= 11 is 0. The van der Waals surface area contributed by atoms with Gasteiger partial charge in [0.05, 0.1) is 0 Å². The topological polar surface area (TPSA) is 32.7 Å². The Balaban J connectivity index is 2.25. The van der Waals surface area contributed by atoms with Gasteiger partial charge in [0.2, 0.25) is 0 Å². The number of benzene rings is 1. The van der Waals surface area contributed by atoms with Gasteiger partial charge in [-0.1, -0.05) is 23.7 Å². The van der Waals surface area contributed by atoms with Gasteiger partial charge in [0.15, 0.2) is 0 Å². The van der Waals surface area contributed by atoms with Gasteiger partial charge in [-0.15, -0.1) is 0 Å². The third kappa shape index (κ3) is 3.34. The van der Waals surface area contributed by atoms with E-state index in [4.69, 9.17) is 9.76 Å². The predicted octanol–water partition coefficient (Wildman–Crippen LogP) is 0.879. The molecule has 0 amide bonds. The lowest BCUT2D eigenvalue weighted by Crippen LogP contribution is -2.22. The van der Waals surface area contributed by atoms with Gasteiger partial charge in [0.25, 0.3) is 0 Å². The highest BCUT2D eigenvalue weighted by Crippen LogP contribution is 2.29. The highest BCUT2D eigenvalue weighted by Gasteiger charge is 2.19. The first kappa shape index (κ1) is 13.6. The molecule has 0 aromatic heterocycles. The summed E-state index contributed by atoms with van der Waals surface area (Å²) in [6, 6.07) is 6.24. The zero-order chi connectivity index (χ0) is 13.0. The quantitative estimate of drug-likeness (QED) is 0.800. The van der Waals surface area contributed by atoms with Crippen LogP contribution in [-0.2, 0) is 11.3 Å². The van der Waals surface area contributed by atoms with E-state index in [1.165, 1.54) is 18.6 Å². The Bertz CT molecular complexity index is 389. The standard InChI is InChI=1S/C14H21BNO2/c1-16(2)10-12-9-13(15-17)3-4-14(12)11-5-7-18-8-6-11/h3-4,9,11,17H,5-8,10H2,1-2H3. The molecule has 0 bridgehead atoms. The van der Waals surface area contributed by atoms with E-state index in [0.717, 1.165) is 38.1 Å². The smallest absolute Gasteiger partial charge is 0.326 e. The molecule has 0 atom stereocenters. The minimum atomic E-state index is 0.599. The van der Waals surface area contributed by atoms with E-state index in [9.17, 15) is 0 Å². The van der Waals surface area contributed by atoms with Crippen molar-refractivity contribution in [2.75, 3.05) is 27.3 Å². The van der Waals surface area contributed by atoms with E-state index >= 15 is 0 Å². The maximum absolute atomic E-state index is 9.14. The molecule has 1 aliphatic heterocycles. The van der Waals surface area contributed by atoms with Crippen molar-refractivity contribution in [2.45, 2.75) is 25.3 Å². The van der Waals surface area contributed by atoms with Crippen LogP contribution < -0.4 is 5.46 Å². The molecular weight excluding hydrogens is 225 g/mol. The Morgan fingerprint density at radius 1 is 1.33 bits per heavy atom. The first-order valence-electron chi connectivity index (χ1n) is 6.53. The van der Waals surface area contributed by atoms with Crippen LogP contribution >= 0.6 is 0 Å². The fourth-order valence-electron chi connectivity index (χ4n) is 2.59. The zero-order valence-electron chi connectivity index (χ0n) is 11.2. The molecular formula is C14H21BNO2. The highest BCUT2D eigenvalue weighted by molar-refractivity contribution is 6.45. The molecule has 1 aromatic carbocycles. The summed E-state index contributed by atoms with van der Waals surface area (Å²) in [6.07, 6.45) is 2.20. The summed E-state index contributed by atoms with van der Waals surface area (Å²) in [7, 11) is 5.32. The average Bonchev–Trinajstić information content (AvgIpc) is 2.39. The number of hydrogen-bond donors (Lipinski definition) is 1. The van der Waals surface area contributed by atoms with Gasteiger partial charge in [-0.2, -0.15) is 0 Å². The molecule has 18 heavy (non-hydrogen) atoms. The first-order valence-corrected chi connectivity index (χ1v) is 6.53. The van der Waals surface area contributed by atoms with Crippen LogP contribution in [0.15, 0.2) is 18.2 Å². The van der Waals surface area contributed by atoms with Crippen molar-refractivity contribution >= 4 is 12.9 Å². The second-order valence-electron chi connectivity index (χ2n) is 5.21. The average molecular weight is 246 g/mol. The molecule has 1 heterocycles. The lowest BCUT2D eigenvalue weighted by Gasteiger charge is -2.26. The molecule has 0 saturated carbocycles. The van der Waals surface area contributed by atoms with Gasteiger partial charge in [-0.25, -0.2) is 0 Å². The molecule has 97 valence electrons. The van der Waals surface area contributed by atoms with E-state index in [0.29, 0.717) is 5.92 Å². The van der Waals surface area contributed by atoms with E-state index < -0.39 is 0 Å². The second-order valence-corrected chi connectivity index (χ2v) is 5.21. The zero-order valence-corrected chi connectivity index (χ0v) is 11.2. The van der Waals surface area contributed by atoms with Gasteiger partial charge < -0.3 is 14.7 Å².